The van der Waals surface area contributed by atoms with Gasteiger partial charge in [0.2, 0.25) is 5.91 Å². The van der Waals surface area contributed by atoms with Gasteiger partial charge in [0.1, 0.15) is 0 Å². The maximum Gasteiger partial charge on any atom is 0.251 e. The van der Waals surface area contributed by atoms with Crippen molar-refractivity contribution in [1.29, 1.82) is 0 Å². The summed E-state index contributed by atoms with van der Waals surface area (Å²) in [4.78, 5) is 27.8. The molecule has 1 aliphatic rings. The monoisotopic (exact) mass is 384 g/mol. The Kier molecular flexibility index (Phi) is 6.53. The molecule has 6 heteroatoms. The van der Waals surface area contributed by atoms with Crippen molar-refractivity contribution < 1.29 is 14.3 Å². The van der Waals surface area contributed by atoms with E-state index in [2.05, 4.69) is 11.4 Å². The predicted octanol–water partition coefficient (Wildman–Crippen LogP) is 3.40. The molecular formula is C21H24N2O3S. The summed E-state index contributed by atoms with van der Waals surface area (Å²) < 4.78 is 5.00. The zero-order chi connectivity index (χ0) is 19.2. The lowest BCUT2D eigenvalue weighted by molar-refractivity contribution is -0.116. The second kappa shape index (κ2) is 9.06. The fourth-order valence-electron chi connectivity index (χ4n) is 3.03. The van der Waals surface area contributed by atoms with Crippen LogP contribution in [0.1, 0.15) is 27.9 Å². The van der Waals surface area contributed by atoms with Gasteiger partial charge in [0.15, 0.2) is 0 Å². The minimum absolute atomic E-state index is 0.0617. The molecule has 142 valence electrons. The Bertz CT molecular complexity index is 838. The molecule has 0 saturated heterocycles. The molecule has 2 amide bonds. The molecule has 0 radical (unpaired) electrons. The second-order valence-electron chi connectivity index (χ2n) is 6.54. The summed E-state index contributed by atoms with van der Waals surface area (Å²) in [6.07, 6.45) is 0.765. The fourth-order valence-corrected chi connectivity index (χ4v) is 3.95. The van der Waals surface area contributed by atoms with E-state index in [0.29, 0.717) is 31.0 Å². The van der Waals surface area contributed by atoms with E-state index in [-0.39, 0.29) is 11.8 Å². The molecule has 27 heavy (non-hydrogen) atoms. The van der Waals surface area contributed by atoms with Crippen LogP contribution >= 0.6 is 11.8 Å². The van der Waals surface area contributed by atoms with E-state index >= 15 is 0 Å². The largest absolute Gasteiger partial charge is 0.385 e. The number of carbonyl (C=O) groups excluding carboxylic acids is 2. The molecule has 0 atom stereocenters. The number of methoxy groups -OCH3 is 1. The Labute approximate surface area is 164 Å². The van der Waals surface area contributed by atoms with Gasteiger partial charge in [-0.05, 0) is 37.1 Å². The number of hydrogen-bond acceptors (Lipinski definition) is 4. The van der Waals surface area contributed by atoms with Crippen LogP contribution in [0.25, 0.3) is 0 Å². The van der Waals surface area contributed by atoms with E-state index < -0.39 is 0 Å². The van der Waals surface area contributed by atoms with E-state index in [1.54, 1.807) is 12.0 Å². The number of hydrogen-bond donors (Lipinski definition) is 1. The number of rotatable bonds is 7. The average molecular weight is 385 g/mol. The lowest BCUT2D eigenvalue weighted by Crippen LogP contribution is -2.35. The summed E-state index contributed by atoms with van der Waals surface area (Å²) >= 11 is 1.52. The van der Waals surface area contributed by atoms with Crippen LogP contribution in [0.2, 0.25) is 0 Å². The molecule has 0 spiro atoms. The van der Waals surface area contributed by atoms with Crippen LogP contribution in [0.5, 0.6) is 0 Å². The van der Waals surface area contributed by atoms with Crippen molar-refractivity contribution in [1.82, 2.24) is 5.32 Å². The van der Waals surface area contributed by atoms with E-state index in [0.717, 1.165) is 28.1 Å². The summed E-state index contributed by atoms with van der Waals surface area (Å²) in [5.41, 5.74) is 3.62. The molecule has 0 unspecified atom stereocenters. The van der Waals surface area contributed by atoms with Crippen molar-refractivity contribution in [2.45, 2.75) is 24.8 Å². The normalized spacial score (nSPS) is 13.4. The second-order valence-corrected chi connectivity index (χ2v) is 7.56. The van der Waals surface area contributed by atoms with Gasteiger partial charge in [-0.15, -0.1) is 11.8 Å². The molecule has 0 aliphatic carbocycles. The topological polar surface area (TPSA) is 58.6 Å². The molecule has 0 fully saturated rings. The zero-order valence-electron chi connectivity index (χ0n) is 15.7. The number of benzene rings is 2. The van der Waals surface area contributed by atoms with Crippen LogP contribution in [-0.4, -0.2) is 37.8 Å². The first-order chi connectivity index (χ1) is 13.1. The Morgan fingerprint density at radius 3 is 2.89 bits per heavy atom. The molecule has 1 N–H and O–H groups in total. The Balaban J connectivity index is 1.80. The molecule has 2 aromatic rings. The summed E-state index contributed by atoms with van der Waals surface area (Å²) in [6.45, 7) is 3.72. The number of ether oxygens (including phenoxy) is 1. The number of aryl methyl sites for hydroxylation is 1. The first kappa shape index (κ1) is 19.5. The number of amides is 2. The maximum absolute atomic E-state index is 12.6. The standard InChI is InChI=1S/C21H24N2O3S/c1-15-5-3-6-16(11-15)13-23-18-12-17(21(25)22-9-4-10-26-2)7-8-19(18)27-14-20(23)24/h3,5-8,11-12H,4,9-10,13-14H2,1-2H3,(H,22,25). The highest BCUT2D eigenvalue weighted by molar-refractivity contribution is 8.00. The molecule has 0 aromatic heterocycles. The van der Waals surface area contributed by atoms with E-state index in [1.165, 1.54) is 11.8 Å². The lowest BCUT2D eigenvalue weighted by Gasteiger charge is -2.29. The van der Waals surface area contributed by atoms with Gasteiger partial charge >= 0.3 is 0 Å². The number of nitrogens with zero attached hydrogens (tertiary/aromatic N) is 1. The molecule has 3 rings (SSSR count). The van der Waals surface area contributed by atoms with E-state index in [4.69, 9.17) is 4.74 Å². The van der Waals surface area contributed by atoms with Crippen molar-refractivity contribution in [2.24, 2.45) is 0 Å². The van der Waals surface area contributed by atoms with Crippen molar-refractivity contribution in [2.75, 3.05) is 30.9 Å². The minimum Gasteiger partial charge on any atom is -0.385 e. The van der Waals surface area contributed by atoms with Gasteiger partial charge in [-0.2, -0.15) is 0 Å². The maximum atomic E-state index is 12.6. The molecule has 0 saturated carbocycles. The van der Waals surface area contributed by atoms with Gasteiger partial charge < -0.3 is 15.0 Å². The van der Waals surface area contributed by atoms with Gasteiger partial charge in [0.05, 0.1) is 18.0 Å². The number of fused-ring (bicyclic) bond motifs is 1. The highest BCUT2D eigenvalue weighted by Crippen LogP contribution is 2.36. The van der Waals surface area contributed by atoms with Crippen LogP contribution in [0.3, 0.4) is 0 Å². The summed E-state index contributed by atoms with van der Waals surface area (Å²) in [7, 11) is 1.64. The molecule has 1 aliphatic heterocycles. The van der Waals surface area contributed by atoms with Crippen LogP contribution < -0.4 is 10.2 Å². The Morgan fingerprint density at radius 1 is 1.26 bits per heavy atom. The fraction of sp³-hybridized carbons (Fsp3) is 0.333. The number of thioether (sulfide) groups is 1. The molecule has 5 nitrogen and oxygen atoms in total. The van der Waals surface area contributed by atoms with Crippen molar-refractivity contribution in [3.8, 4) is 0 Å². The third kappa shape index (κ3) is 4.90. The van der Waals surface area contributed by atoms with Crippen molar-refractivity contribution in [3.63, 3.8) is 0 Å². The van der Waals surface area contributed by atoms with Crippen LogP contribution in [0.4, 0.5) is 5.69 Å². The Morgan fingerprint density at radius 2 is 2.11 bits per heavy atom. The zero-order valence-corrected chi connectivity index (χ0v) is 16.5. The third-order valence-electron chi connectivity index (χ3n) is 4.40. The summed E-state index contributed by atoms with van der Waals surface area (Å²) in [6, 6.07) is 13.7. The van der Waals surface area contributed by atoms with Gasteiger partial charge in [0, 0.05) is 30.7 Å². The van der Waals surface area contributed by atoms with Gasteiger partial charge in [-0.1, -0.05) is 29.8 Å². The lowest BCUT2D eigenvalue weighted by atomic mass is 10.1. The number of carbonyl (C=O) groups is 2. The van der Waals surface area contributed by atoms with Crippen molar-refractivity contribution in [3.05, 3.63) is 59.2 Å². The quantitative estimate of drug-likeness (QED) is 0.744. The van der Waals surface area contributed by atoms with Crippen LogP contribution in [0, 0.1) is 6.92 Å². The first-order valence-corrected chi connectivity index (χ1v) is 9.97. The molecule has 1 heterocycles. The average Bonchev–Trinajstić information content (AvgIpc) is 2.67. The smallest absolute Gasteiger partial charge is 0.251 e. The highest BCUT2D eigenvalue weighted by Gasteiger charge is 2.26. The summed E-state index contributed by atoms with van der Waals surface area (Å²) in [5, 5.41) is 2.89. The minimum atomic E-state index is -0.132. The SMILES string of the molecule is COCCCNC(=O)c1ccc2c(c1)N(Cc1cccc(C)c1)C(=O)CS2. The number of anilines is 1. The summed E-state index contributed by atoms with van der Waals surface area (Å²) in [5.74, 6) is 0.348. The predicted molar refractivity (Wildman–Crippen MR) is 108 cm³/mol. The van der Waals surface area contributed by atoms with Gasteiger partial charge in [-0.3, -0.25) is 9.59 Å². The van der Waals surface area contributed by atoms with Crippen LogP contribution in [-0.2, 0) is 16.1 Å². The molecule has 2 aromatic carbocycles. The molecular weight excluding hydrogens is 360 g/mol. The molecule has 0 bridgehead atoms. The number of nitrogens with one attached hydrogen (secondary N) is 1. The van der Waals surface area contributed by atoms with Crippen LogP contribution in [0.15, 0.2) is 47.4 Å². The van der Waals surface area contributed by atoms with E-state index in [1.807, 2.05) is 43.3 Å². The van der Waals surface area contributed by atoms with Crippen molar-refractivity contribution >= 4 is 29.3 Å². The van der Waals surface area contributed by atoms with E-state index in [9.17, 15) is 9.59 Å². The van der Waals surface area contributed by atoms with Gasteiger partial charge in [0.25, 0.3) is 5.91 Å². The first-order valence-electron chi connectivity index (χ1n) is 8.98. The highest BCUT2D eigenvalue weighted by atomic mass is 32.2. The third-order valence-corrected chi connectivity index (χ3v) is 5.45. The van der Waals surface area contributed by atoms with Gasteiger partial charge in [-0.25, -0.2) is 0 Å². The Hall–Kier alpha value is -2.31.